The van der Waals surface area contributed by atoms with Crippen molar-refractivity contribution in [3.63, 3.8) is 0 Å². The monoisotopic (exact) mass is 447 g/mol. The number of sulfone groups is 1. The van der Waals surface area contributed by atoms with Gasteiger partial charge in [-0.15, -0.1) is 0 Å². The standard InChI is InChI=1S/C23H20F3NO3S/c1-22(21(28)27-19-8-4-2-5-9-19,16-31(29,30)20-10-6-3-7-11-20)17-12-14-18(15-13-17)23(24,25)26/h2-15H,16H2,1H3,(H,27,28)/t22-/m1/s1. The molecule has 8 heteroatoms. The van der Waals surface area contributed by atoms with Gasteiger partial charge in [-0.1, -0.05) is 48.5 Å². The maximum atomic E-state index is 13.2. The van der Waals surface area contributed by atoms with Gasteiger partial charge in [0.1, 0.15) is 0 Å². The zero-order chi connectivity index (χ0) is 22.7. The van der Waals surface area contributed by atoms with Crippen molar-refractivity contribution >= 4 is 21.4 Å². The molecule has 0 aliphatic carbocycles. The smallest absolute Gasteiger partial charge is 0.325 e. The molecule has 0 spiro atoms. The number of carbonyl (C=O) groups excluding carboxylic acids is 1. The molecule has 3 aromatic carbocycles. The molecule has 1 amide bonds. The summed E-state index contributed by atoms with van der Waals surface area (Å²) >= 11 is 0. The molecule has 0 radical (unpaired) electrons. The van der Waals surface area contributed by atoms with Gasteiger partial charge in [-0.05, 0) is 48.9 Å². The van der Waals surface area contributed by atoms with E-state index in [1.165, 1.54) is 19.1 Å². The lowest BCUT2D eigenvalue weighted by atomic mass is 9.83. The van der Waals surface area contributed by atoms with Crippen molar-refractivity contribution in [2.24, 2.45) is 0 Å². The average molecular weight is 447 g/mol. The van der Waals surface area contributed by atoms with Gasteiger partial charge in [0.25, 0.3) is 0 Å². The van der Waals surface area contributed by atoms with E-state index in [0.29, 0.717) is 5.69 Å². The second kappa shape index (κ2) is 8.55. The molecule has 0 aliphatic heterocycles. The lowest BCUT2D eigenvalue weighted by molar-refractivity contribution is -0.137. The molecule has 0 aliphatic rings. The van der Waals surface area contributed by atoms with E-state index in [2.05, 4.69) is 5.32 Å². The topological polar surface area (TPSA) is 63.2 Å². The Morgan fingerprint density at radius 2 is 1.29 bits per heavy atom. The molecule has 162 valence electrons. The maximum absolute atomic E-state index is 13.2. The number of alkyl halides is 3. The second-order valence-corrected chi connectivity index (χ2v) is 9.29. The third-order valence-electron chi connectivity index (χ3n) is 4.96. The number of hydrogen-bond donors (Lipinski definition) is 1. The molecule has 31 heavy (non-hydrogen) atoms. The summed E-state index contributed by atoms with van der Waals surface area (Å²) in [6.07, 6.45) is -4.54. The first-order valence-corrected chi connectivity index (χ1v) is 11.0. The number of nitrogens with one attached hydrogen (secondary N) is 1. The van der Waals surface area contributed by atoms with E-state index in [1.54, 1.807) is 48.5 Å². The molecule has 1 N–H and O–H groups in total. The van der Waals surface area contributed by atoms with Gasteiger partial charge in [0.05, 0.1) is 21.6 Å². The number of amides is 1. The molecule has 4 nitrogen and oxygen atoms in total. The molecule has 1 atom stereocenters. The van der Waals surface area contributed by atoms with Gasteiger partial charge >= 0.3 is 6.18 Å². The van der Waals surface area contributed by atoms with Crippen molar-refractivity contribution in [3.8, 4) is 0 Å². The Morgan fingerprint density at radius 1 is 0.806 bits per heavy atom. The van der Waals surface area contributed by atoms with Crippen LogP contribution in [-0.2, 0) is 26.2 Å². The fourth-order valence-electron chi connectivity index (χ4n) is 3.19. The SMILES string of the molecule is C[C@](CS(=O)(=O)c1ccccc1)(C(=O)Nc1ccccc1)c1ccc(C(F)(F)F)cc1. The molecule has 0 unspecified atom stereocenters. The fraction of sp³-hybridized carbons (Fsp3) is 0.174. The number of hydrogen-bond acceptors (Lipinski definition) is 3. The van der Waals surface area contributed by atoms with Gasteiger partial charge < -0.3 is 5.32 Å². The van der Waals surface area contributed by atoms with E-state index >= 15 is 0 Å². The van der Waals surface area contributed by atoms with E-state index in [1.807, 2.05) is 0 Å². The van der Waals surface area contributed by atoms with Crippen molar-refractivity contribution in [1.82, 2.24) is 0 Å². The van der Waals surface area contributed by atoms with E-state index in [9.17, 15) is 26.4 Å². The number of para-hydroxylation sites is 1. The Morgan fingerprint density at radius 3 is 1.81 bits per heavy atom. The first-order chi connectivity index (χ1) is 14.5. The summed E-state index contributed by atoms with van der Waals surface area (Å²) in [5.74, 6) is -1.26. The molecule has 3 aromatic rings. The highest BCUT2D eigenvalue weighted by Gasteiger charge is 2.41. The Bertz CT molecular complexity index is 1150. The first-order valence-electron chi connectivity index (χ1n) is 9.34. The Kier molecular flexibility index (Phi) is 6.22. The third-order valence-corrected chi connectivity index (χ3v) is 6.91. The van der Waals surface area contributed by atoms with Crippen LogP contribution in [0.5, 0.6) is 0 Å². The van der Waals surface area contributed by atoms with Crippen LogP contribution in [0, 0.1) is 0 Å². The molecule has 0 heterocycles. The van der Waals surface area contributed by atoms with Crippen LogP contribution < -0.4 is 5.32 Å². The number of anilines is 1. The average Bonchev–Trinajstić information content (AvgIpc) is 2.74. The Balaban J connectivity index is 2.03. The van der Waals surface area contributed by atoms with Crippen molar-refractivity contribution in [1.29, 1.82) is 0 Å². The quantitative estimate of drug-likeness (QED) is 0.574. The van der Waals surface area contributed by atoms with Gasteiger partial charge in [0.15, 0.2) is 9.84 Å². The molecule has 0 bridgehead atoms. The first kappa shape index (κ1) is 22.6. The molecule has 0 aromatic heterocycles. The summed E-state index contributed by atoms with van der Waals surface area (Å²) < 4.78 is 65.0. The van der Waals surface area contributed by atoms with Crippen LogP contribution in [0.2, 0.25) is 0 Å². The van der Waals surface area contributed by atoms with Crippen LogP contribution in [0.25, 0.3) is 0 Å². The zero-order valence-electron chi connectivity index (χ0n) is 16.6. The fourth-order valence-corrected chi connectivity index (χ4v) is 4.99. The van der Waals surface area contributed by atoms with Crippen LogP contribution >= 0.6 is 0 Å². The van der Waals surface area contributed by atoms with Gasteiger partial charge in [-0.25, -0.2) is 8.42 Å². The summed E-state index contributed by atoms with van der Waals surface area (Å²) in [6, 6.07) is 20.0. The molecule has 0 fully saturated rings. The minimum absolute atomic E-state index is 0.0284. The molecule has 0 saturated heterocycles. The number of benzene rings is 3. The molecular formula is C23H20F3NO3S. The highest BCUT2D eigenvalue weighted by Crippen LogP contribution is 2.34. The van der Waals surface area contributed by atoms with Crippen LogP contribution in [0.1, 0.15) is 18.1 Å². The lowest BCUT2D eigenvalue weighted by Gasteiger charge is -2.29. The van der Waals surface area contributed by atoms with Crippen molar-refractivity contribution in [2.45, 2.75) is 23.4 Å². The summed E-state index contributed by atoms with van der Waals surface area (Å²) in [5.41, 5.74) is -1.92. The molecule has 0 saturated carbocycles. The minimum Gasteiger partial charge on any atom is -0.325 e. The maximum Gasteiger partial charge on any atom is 0.416 e. The predicted octanol–water partition coefficient (Wildman–Crippen LogP) is 5.08. The van der Waals surface area contributed by atoms with Crippen LogP contribution in [0.3, 0.4) is 0 Å². The predicted molar refractivity (Wildman–Crippen MR) is 112 cm³/mol. The minimum atomic E-state index is -4.54. The molecule has 3 rings (SSSR count). The highest BCUT2D eigenvalue weighted by atomic mass is 32.2. The van der Waals surface area contributed by atoms with Crippen LogP contribution in [0.15, 0.2) is 89.8 Å². The van der Waals surface area contributed by atoms with Gasteiger partial charge in [-0.2, -0.15) is 13.2 Å². The van der Waals surface area contributed by atoms with Crippen LogP contribution in [0.4, 0.5) is 18.9 Å². The highest BCUT2D eigenvalue weighted by molar-refractivity contribution is 7.91. The number of carbonyl (C=O) groups is 1. The van der Waals surface area contributed by atoms with E-state index < -0.39 is 38.7 Å². The summed E-state index contributed by atoms with van der Waals surface area (Å²) in [4.78, 5) is 13.3. The summed E-state index contributed by atoms with van der Waals surface area (Å²) in [6.45, 7) is 1.41. The largest absolute Gasteiger partial charge is 0.416 e. The normalized spacial score (nSPS) is 13.9. The van der Waals surface area contributed by atoms with E-state index in [-0.39, 0.29) is 10.5 Å². The van der Waals surface area contributed by atoms with Crippen LogP contribution in [-0.4, -0.2) is 20.1 Å². The lowest BCUT2D eigenvalue weighted by Crippen LogP contribution is -2.43. The Hall–Kier alpha value is -3.13. The number of rotatable bonds is 6. The summed E-state index contributed by atoms with van der Waals surface area (Å²) in [5, 5.41) is 2.67. The third kappa shape index (κ3) is 5.14. The summed E-state index contributed by atoms with van der Waals surface area (Å²) in [7, 11) is -3.92. The van der Waals surface area contributed by atoms with Crippen molar-refractivity contribution in [3.05, 3.63) is 96.1 Å². The van der Waals surface area contributed by atoms with Crippen molar-refractivity contribution < 1.29 is 26.4 Å². The van der Waals surface area contributed by atoms with Crippen molar-refractivity contribution in [2.75, 3.05) is 11.1 Å². The molecular weight excluding hydrogens is 427 g/mol. The van der Waals surface area contributed by atoms with Gasteiger partial charge in [0, 0.05) is 5.69 Å². The van der Waals surface area contributed by atoms with E-state index in [0.717, 1.165) is 24.3 Å². The van der Waals surface area contributed by atoms with Gasteiger partial charge in [-0.3, -0.25) is 4.79 Å². The second-order valence-electron chi connectivity index (χ2n) is 7.30. The Labute approximate surface area is 178 Å². The van der Waals surface area contributed by atoms with Gasteiger partial charge in [0.2, 0.25) is 5.91 Å². The number of halogens is 3. The van der Waals surface area contributed by atoms with E-state index in [4.69, 9.17) is 0 Å². The zero-order valence-corrected chi connectivity index (χ0v) is 17.4.